The Morgan fingerprint density at radius 2 is 1.25 bits per heavy atom. The first-order valence-electron chi connectivity index (χ1n) is 11.8. The van der Waals surface area contributed by atoms with Crippen molar-refractivity contribution in [3.05, 3.63) is 89.5 Å². The molecule has 0 atom stereocenters. The van der Waals surface area contributed by atoms with E-state index in [0.717, 1.165) is 35.4 Å². The maximum Gasteiger partial charge on any atom is 0.573 e. The summed E-state index contributed by atoms with van der Waals surface area (Å²) >= 11 is 0. The van der Waals surface area contributed by atoms with Crippen LogP contribution < -0.4 is 14.2 Å². The third kappa shape index (κ3) is 9.38. The molecule has 0 N–H and O–H groups in total. The Hall–Kier alpha value is -3.92. The first kappa shape index (κ1) is 26.7. The quantitative estimate of drug-likeness (QED) is 0.126. The number of alkyl halides is 3. The number of carbonyl (C=O) groups excluding carboxylic acids is 1. The maximum atomic E-state index is 12.2. The Bertz CT molecular complexity index is 1160. The van der Waals surface area contributed by atoms with E-state index >= 15 is 0 Å². The molecule has 0 saturated carbocycles. The average Bonchev–Trinajstić information content (AvgIpc) is 2.86. The van der Waals surface area contributed by atoms with E-state index in [1.54, 1.807) is 24.3 Å². The van der Waals surface area contributed by atoms with Crippen molar-refractivity contribution in [1.82, 2.24) is 0 Å². The van der Waals surface area contributed by atoms with E-state index in [-0.39, 0.29) is 11.3 Å². The Labute approximate surface area is 209 Å². The van der Waals surface area contributed by atoms with Crippen LogP contribution in [0.4, 0.5) is 13.2 Å². The highest BCUT2D eigenvalue weighted by Crippen LogP contribution is 2.23. The van der Waals surface area contributed by atoms with Gasteiger partial charge in [-0.05, 0) is 79.2 Å². The Kier molecular flexibility index (Phi) is 9.82. The standard InChI is InChI=1S/C29H27F3O4/c1-2-3-4-5-6-21-34-25-15-9-22(10-16-25)7-8-23-11-17-26(18-12-23)35-28(33)24-13-19-27(20-14-24)36-29(30,31)32/h9-20H,2-6,21H2,1H3. The summed E-state index contributed by atoms with van der Waals surface area (Å²) in [5.41, 5.74) is 1.67. The lowest BCUT2D eigenvalue weighted by molar-refractivity contribution is -0.274. The van der Waals surface area contributed by atoms with E-state index in [0.29, 0.717) is 6.61 Å². The summed E-state index contributed by atoms with van der Waals surface area (Å²) in [5.74, 6) is 6.13. The largest absolute Gasteiger partial charge is 0.573 e. The molecule has 36 heavy (non-hydrogen) atoms. The summed E-state index contributed by atoms with van der Waals surface area (Å²) in [5, 5.41) is 0. The van der Waals surface area contributed by atoms with Crippen LogP contribution in [0.5, 0.6) is 17.2 Å². The molecule has 0 spiro atoms. The van der Waals surface area contributed by atoms with Crippen LogP contribution in [-0.2, 0) is 0 Å². The fraction of sp³-hybridized carbons (Fsp3) is 0.276. The molecule has 0 aromatic heterocycles. The van der Waals surface area contributed by atoms with Crippen molar-refractivity contribution in [3.63, 3.8) is 0 Å². The second-order valence-corrected chi connectivity index (χ2v) is 8.02. The molecule has 4 nitrogen and oxygen atoms in total. The van der Waals surface area contributed by atoms with Gasteiger partial charge in [-0.25, -0.2) is 4.79 Å². The first-order chi connectivity index (χ1) is 17.3. The molecule has 0 radical (unpaired) electrons. The summed E-state index contributed by atoms with van der Waals surface area (Å²) in [6.45, 7) is 2.91. The molecule has 7 heteroatoms. The van der Waals surface area contributed by atoms with Crippen LogP contribution in [0.1, 0.15) is 60.5 Å². The van der Waals surface area contributed by atoms with Crippen molar-refractivity contribution in [2.45, 2.75) is 45.4 Å². The van der Waals surface area contributed by atoms with Gasteiger partial charge in [0.1, 0.15) is 17.2 Å². The highest BCUT2D eigenvalue weighted by Gasteiger charge is 2.31. The van der Waals surface area contributed by atoms with Crippen molar-refractivity contribution in [3.8, 4) is 29.1 Å². The molecule has 188 valence electrons. The van der Waals surface area contributed by atoms with Crippen LogP contribution in [0.3, 0.4) is 0 Å². The third-order valence-corrected chi connectivity index (χ3v) is 5.11. The predicted octanol–water partition coefficient (Wildman–Crippen LogP) is 7.55. The van der Waals surface area contributed by atoms with Gasteiger partial charge in [0.2, 0.25) is 0 Å². The van der Waals surface area contributed by atoms with Gasteiger partial charge < -0.3 is 14.2 Å². The lowest BCUT2D eigenvalue weighted by Crippen LogP contribution is -2.17. The number of hydrogen-bond donors (Lipinski definition) is 0. The van der Waals surface area contributed by atoms with Gasteiger partial charge in [0.25, 0.3) is 0 Å². The molecule has 3 rings (SSSR count). The van der Waals surface area contributed by atoms with Crippen LogP contribution in [0.15, 0.2) is 72.8 Å². The van der Waals surface area contributed by atoms with Gasteiger partial charge in [-0.1, -0.05) is 44.4 Å². The van der Waals surface area contributed by atoms with E-state index in [4.69, 9.17) is 9.47 Å². The lowest BCUT2D eigenvalue weighted by atomic mass is 10.1. The molecule has 0 heterocycles. The molecule has 0 amide bonds. The van der Waals surface area contributed by atoms with Gasteiger partial charge in [0.05, 0.1) is 12.2 Å². The number of unbranched alkanes of at least 4 members (excludes halogenated alkanes) is 4. The summed E-state index contributed by atoms with van der Waals surface area (Å²) in [6, 6.07) is 18.7. The zero-order valence-corrected chi connectivity index (χ0v) is 19.9. The summed E-state index contributed by atoms with van der Waals surface area (Å²) in [6.07, 6.45) is 1.18. The number of hydrogen-bond acceptors (Lipinski definition) is 4. The molecule has 0 bridgehead atoms. The molecule has 3 aromatic rings. The molecule has 0 saturated heterocycles. The Morgan fingerprint density at radius 3 is 1.81 bits per heavy atom. The highest BCUT2D eigenvalue weighted by molar-refractivity contribution is 5.91. The summed E-state index contributed by atoms with van der Waals surface area (Å²) in [4.78, 5) is 12.2. The summed E-state index contributed by atoms with van der Waals surface area (Å²) < 4.78 is 51.5. The number of ether oxygens (including phenoxy) is 3. The van der Waals surface area contributed by atoms with Gasteiger partial charge in [0.15, 0.2) is 0 Å². The Morgan fingerprint density at radius 1 is 0.722 bits per heavy atom. The molecule has 0 unspecified atom stereocenters. The fourth-order valence-corrected chi connectivity index (χ4v) is 3.24. The molecule has 3 aromatic carbocycles. The van der Waals surface area contributed by atoms with E-state index in [2.05, 4.69) is 23.5 Å². The SMILES string of the molecule is CCCCCCCOc1ccc(C#Cc2ccc(OC(=O)c3ccc(OC(F)(F)F)cc3)cc2)cc1. The fourth-order valence-electron chi connectivity index (χ4n) is 3.24. The lowest BCUT2D eigenvalue weighted by Gasteiger charge is -2.09. The topological polar surface area (TPSA) is 44.8 Å². The van der Waals surface area contributed by atoms with E-state index < -0.39 is 18.1 Å². The molecular formula is C29H27F3O4. The van der Waals surface area contributed by atoms with Crippen LogP contribution in [-0.4, -0.2) is 18.9 Å². The molecule has 0 aliphatic heterocycles. The van der Waals surface area contributed by atoms with Crippen LogP contribution in [0.2, 0.25) is 0 Å². The second-order valence-electron chi connectivity index (χ2n) is 8.02. The van der Waals surface area contributed by atoms with E-state index in [9.17, 15) is 18.0 Å². The molecule has 0 fully saturated rings. The van der Waals surface area contributed by atoms with Gasteiger partial charge in [-0.2, -0.15) is 0 Å². The minimum Gasteiger partial charge on any atom is -0.494 e. The number of rotatable bonds is 10. The highest BCUT2D eigenvalue weighted by atomic mass is 19.4. The average molecular weight is 497 g/mol. The number of esters is 1. The third-order valence-electron chi connectivity index (χ3n) is 5.11. The Balaban J connectivity index is 1.48. The van der Waals surface area contributed by atoms with Crippen LogP contribution in [0.25, 0.3) is 0 Å². The van der Waals surface area contributed by atoms with Gasteiger partial charge >= 0.3 is 12.3 Å². The first-order valence-corrected chi connectivity index (χ1v) is 11.8. The maximum absolute atomic E-state index is 12.2. The minimum atomic E-state index is -4.79. The molecular weight excluding hydrogens is 469 g/mol. The van der Waals surface area contributed by atoms with Crippen molar-refractivity contribution in [2.75, 3.05) is 6.61 Å². The van der Waals surface area contributed by atoms with Crippen LogP contribution >= 0.6 is 0 Å². The zero-order chi connectivity index (χ0) is 25.8. The van der Waals surface area contributed by atoms with Gasteiger partial charge in [-0.15, -0.1) is 13.2 Å². The van der Waals surface area contributed by atoms with Crippen molar-refractivity contribution in [2.24, 2.45) is 0 Å². The van der Waals surface area contributed by atoms with Crippen molar-refractivity contribution >= 4 is 5.97 Å². The zero-order valence-electron chi connectivity index (χ0n) is 19.9. The molecule has 0 aliphatic carbocycles. The number of halogens is 3. The summed E-state index contributed by atoms with van der Waals surface area (Å²) in [7, 11) is 0. The number of benzene rings is 3. The second kappa shape index (κ2) is 13.2. The van der Waals surface area contributed by atoms with E-state index in [1.165, 1.54) is 37.8 Å². The smallest absolute Gasteiger partial charge is 0.494 e. The molecule has 0 aliphatic rings. The number of carbonyl (C=O) groups is 1. The van der Waals surface area contributed by atoms with Crippen molar-refractivity contribution < 1.29 is 32.2 Å². The predicted molar refractivity (Wildman–Crippen MR) is 131 cm³/mol. The van der Waals surface area contributed by atoms with Crippen molar-refractivity contribution in [1.29, 1.82) is 0 Å². The van der Waals surface area contributed by atoms with Gasteiger partial charge in [-0.3, -0.25) is 0 Å². The van der Waals surface area contributed by atoms with E-state index in [1.807, 2.05) is 24.3 Å². The van der Waals surface area contributed by atoms with Gasteiger partial charge in [0, 0.05) is 11.1 Å². The van der Waals surface area contributed by atoms with Crippen LogP contribution in [0, 0.1) is 11.8 Å². The monoisotopic (exact) mass is 496 g/mol. The minimum absolute atomic E-state index is 0.0947. The normalized spacial score (nSPS) is 10.8.